The maximum atomic E-state index is 3.78. The topological polar surface area (TPSA) is 12.0 Å². The van der Waals surface area contributed by atoms with E-state index in [1.807, 2.05) is 6.08 Å². The molecule has 0 aliphatic carbocycles. The average Bonchev–Trinajstić information content (AvgIpc) is 2.19. The maximum Gasteiger partial charge on any atom is 0.0354 e. The minimum atomic E-state index is 0.412. The maximum absolute atomic E-state index is 3.78. The molecule has 0 fully saturated rings. The van der Waals surface area contributed by atoms with E-state index in [2.05, 4.69) is 65.7 Å². The van der Waals surface area contributed by atoms with Crippen LogP contribution in [-0.2, 0) is 0 Å². The van der Waals surface area contributed by atoms with Crippen LogP contribution in [0.15, 0.2) is 36.9 Å². The second-order valence-electron chi connectivity index (χ2n) is 3.19. The van der Waals surface area contributed by atoms with Crippen molar-refractivity contribution in [3.63, 3.8) is 0 Å². The van der Waals surface area contributed by atoms with Gasteiger partial charge >= 0.3 is 0 Å². The van der Waals surface area contributed by atoms with Crippen molar-refractivity contribution in [2.75, 3.05) is 6.54 Å². The van der Waals surface area contributed by atoms with Gasteiger partial charge in [0.1, 0.15) is 0 Å². The lowest BCUT2D eigenvalue weighted by Crippen LogP contribution is -2.20. The number of hydrogen-bond donors (Lipinski definition) is 1. The Kier molecular flexibility index (Phi) is 5.19. The van der Waals surface area contributed by atoms with Crippen LogP contribution in [0, 0.1) is 3.57 Å². The van der Waals surface area contributed by atoms with Crippen molar-refractivity contribution in [1.29, 1.82) is 0 Å². The number of benzene rings is 1. The third kappa shape index (κ3) is 3.42. The van der Waals surface area contributed by atoms with Gasteiger partial charge in [-0.3, -0.25) is 0 Å². The molecule has 0 heterocycles. The monoisotopic (exact) mass is 301 g/mol. The summed E-state index contributed by atoms with van der Waals surface area (Å²) in [6, 6.07) is 9.05. The summed E-state index contributed by atoms with van der Waals surface area (Å²) in [6.45, 7) is 6.90. The van der Waals surface area contributed by atoms with E-state index in [0.29, 0.717) is 6.04 Å². The van der Waals surface area contributed by atoms with Gasteiger partial charge in [0.05, 0.1) is 0 Å². The van der Waals surface area contributed by atoms with Gasteiger partial charge in [0, 0.05) is 9.61 Å². The van der Waals surface area contributed by atoms with Crippen LogP contribution in [0.1, 0.15) is 24.9 Å². The van der Waals surface area contributed by atoms with Gasteiger partial charge in [-0.05, 0) is 53.3 Å². The van der Waals surface area contributed by atoms with Crippen molar-refractivity contribution >= 4 is 22.6 Å². The summed E-state index contributed by atoms with van der Waals surface area (Å²) in [6.07, 6.45) is 2.94. The van der Waals surface area contributed by atoms with Crippen molar-refractivity contribution in [1.82, 2.24) is 5.32 Å². The molecule has 0 spiro atoms. The van der Waals surface area contributed by atoms with Crippen LogP contribution in [-0.4, -0.2) is 6.54 Å². The third-order valence-corrected chi connectivity index (χ3v) is 2.84. The van der Waals surface area contributed by atoms with Crippen molar-refractivity contribution in [3.05, 3.63) is 46.1 Å². The first-order valence-electron chi connectivity index (χ1n) is 4.87. The van der Waals surface area contributed by atoms with Crippen molar-refractivity contribution in [2.45, 2.75) is 19.4 Å². The van der Waals surface area contributed by atoms with Gasteiger partial charge in [-0.25, -0.2) is 0 Å². The summed E-state index contributed by atoms with van der Waals surface area (Å²) in [5.41, 5.74) is 1.34. The molecular weight excluding hydrogens is 285 g/mol. The molecule has 0 radical (unpaired) electrons. The van der Waals surface area contributed by atoms with E-state index in [4.69, 9.17) is 0 Å². The Hall–Kier alpha value is -0.350. The molecule has 1 rings (SSSR count). The molecule has 76 valence electrons. The highest BCUT2D eigenvalue weighted by Gasteiger charge is 2.06. The SMILES string of the molecule is C=CCC(NCC)c1ccc(I)cc1. The first kappa shape index (κ1) is 11.7. The Bertz CT molecular complexity index is 279. The van der Waals surface area contributed by atoms with Crippen LogP contribution in [0.25, 0.3) is 0 Å². The lowest BCUT2D eigenvalue weighted by atomic mass is 10.0. The zero-order valence-corrected chi connectivity index (χ0v) is 10.6. The van der Waals surface area contributed by atoms with Crippen LogP contribution in [0.3, 0.4) is 0 Å². The van der Waals surface area contributed by atoms with E-state index in [9.17, 15) is 0 Å². The zero-order valence-electron chi connectivity index (χ0n) is 8.46. The molecule has 0 aliphatic heterocycles. The lowest BCUT2D eigenvalue weighted by molar-refractivity contribution is 0.559. The normalized spacial score (nSPS) is 12.4. The summed E-state index contributed by atoms with van der Waals surface area (Å²) < 4.78 is 1.28. The molecule has 1 atom stereocenters. The second-order valence-corrected chi connectivity index (χ2v) is 4.43. The molecule has 0 aromatic heterocycles. The van der Waals surface area contributed by atoms with Gasteiger partial charge in [-0.1, -0.05) is 25.1 Å². The summed E-state index contributed by atoms with van der Waals surface area (Å²) in [7, 11) is 0. The third-order valence-electron chi connectivity index (χ3n) is 2.13. The van der Waals surface area contributed by atoms with Gasteiger partial charge in [0.15, 0.2) is 0 Å². The molecule has 0 aliphatic rings. The summed E-state index contributed by atoms with van der Waals surface area (Å²) >= 11 is 2.32. The predicted molar refractivity (Wildman–Crippen MR) is 70.4 cm³/mol. The second kappa shape index (κ2) is 6.19. The predicted octanol–water partition coefficient (Wildman–Crippen LogP) is 3.52. The minimum Gasteiger partial charge on any atom is -0.310 e. The molecule has 0 saturated carbocycles. The quantitative estimate of drug-likeness (QED) is 0.648. The van der Waals surface area contributed by atoms with Gasteiger partial charge in [0.25, 0.3) is 0 Å². The smallest absolute Gasteiger partial charge is 0.0354 e. The lowest BCUT2D eigenvalue weighted by Gasteiger charge is -2.16. The summed E-state index contributed by atoms with van der Waals surface area (Å²) in [5, 5.41) is 3.45. The fraction of sp³-hybridized carbons (Fsp3) is 0.333. The van der Waals surface area contributed by atoms with E-state index in [1.54, 1.807) is 0 Å². The Balaban J connectivity index is 2.76. The molecule has 1 aromatic rings. The summed E-state index contributed by atoms with van der Waals surface area (Å²) in [4.78, 5) is 0. The van der Waals surface area contributed by atoms with Gasteiger partial charge in [-0.15, -0.1) is 6.58 Å². The number of nitrogens with one attached hydrogen (secondary N) is 1. The fourth-order valence-electron chi connectivity index (χ4n) is 1.45. The molecule has 1 unspecified atom stereocenters. The molecule has 2 heteroatoms. The van der Waals surface area contributed by atoms with Crippen LogP contribution < -0.4 is 5.32 Å². The van der Waals surface area contributed by atoms with E-state index in [1.165, 1.54) is 9.13 Å². The van der Waals surface area contributed by atoms with E-state index in [-0.39, 0.29) is 0 Å². The fourth-order valence-corrected chi connectivity index (χ4v) is 1.81. The Labute approximate surface area is 99.7 Å². The zero-order chi connectivity index (χ0) is 10.4. The van der Waals surface area contributed by atoms with Gasteiger partial charge < -0.3 is 5.32 Å². The Morgan fingerprint density at radius 2 is 2.07 bits per heavy atom. The minimum absolute atomic E-state index is 0.412. The molecule has 14 heavy (non-hydrogen) atoms. The first-order valence-corrected chi connectivity index (χ1v) is 5.95. The standard InChI is InChI=1S/C12H16IN/c1-3-5-12(14-4-2)10-6-8-11(13)9-7-10/h3,6-9,12,14H,1,4-5H2,2H3. The molecule has 0 bridgehead atoms. The first-order chi connectivity index (χ1) is 6.77. The number of hydrogen-bond acceptors (Lipinski definition) is 1. The van der Waals surface area contributed by atoms with E-state index < -0.39 is 0 Å². The molecule has 1 nitrogen and oxygen atoms in total. The highest BCUT2D eigenvalue weighted by molar-refractivity contribution is 14.1. The highest BCUT2D eigenvalue weighted by Crippen LogP contribution is 2.18. The largest absolute Gasteiger partial charge is 0.310 e. The van der Waals surface area contributed by atoms with Crippen LogP contribution >= 0.6 is 22.6 Å². The van der Waals surface area contributed by atoms with Gasteiger partial charge in [0.2, 0.25) is 0 Å². The molecule has 1 N–H and O–H groups in total. The van der Waals surface area contributed by atoms with Crippen molar-refractivity contribution in [2.24, 2.45) is 0 Å². The molecule has 1 aromatic carbocycles. The van der Waals surface area contributed by atoms with Crippen LogP contribution in [0.5, 0.6) is 0 Å². The summed E-state index contributed by atoms with van der Waals surface area (Å²) in [5.74, 6) is 0. The number of halogens is 1. The average molecular weight is 301 g/mol. The van der Waals surface area contributed by atoms with Crippen LogP contribution in [0.4, 0.5) is 0 Å². The van der Waals surface area contributed by atoms with Crippen molar-refractivity contribution in [3.8, 4) is 0 Å². The molecule has 0 saturated heterocycles. The Morgan fingerprint density at radius 1 is 1.43 bits per heavy atom. The van der Waals surface area contributed by atoms with E-state index in [0.717, 1.165) is 13.0 Å². The van der Waals surface area contributed by atoms with Crippen molar-refractivity contribution < 1.29 is 0 Å². The Morgan fingerprint density at radius 3 is 2.57 bits per heavy atom. The molecule has 0 amide bonds. The van der Waals surface area contributed by atoms with Crippen LogP contribution in [0.2, 0.25) is 0 Å². The van der Waals surface area contributed by atoms with Gasteiger partial charge in [-0.2, -0.15) is 0 Å². The highest BCUT2D eigenvalue weighted by atomic mass is 127. The number of rotatable bonds is 5. The van der Waals surface area contributed by atoms with E-state index >= 15 is 0 Å². The molecular formula is C12H16IN.